The number of aliphatic hydroxyl groups excluding tert-OH is 9. The summed E-state index contributed by atoms with van der Waals surface area (Å²) >= 11 is 0. The second-order valence-electron chi connectivity index (χ2n) is 24.6. The molecule has 6 aliphatic heterocycles. The van der Waals surface area contributed by atoms with Gasteiger partial charge in [-0.15, -0.1) is 0 Å². The second kappa shape index (κ2) is 36.0. The van der Waals surface area contributed by atoms with E-state index in [1.54, 1.807) is 13.8 Å². The molecule has 6 aliphatic rings. The molecule has 0 saturated carbocycles. The summed E-state index contributed by atoms with van der Waals surface area (Å²) in [4.78, 5) is 41.2. The summed E-state index contributed by atoms with van der Waals surface area (Å²) in [5.41, 5.74) is 0. The summed E-state index contributed by atoms with van der Waals surface area (Å²) in [5, 5.41) is 102. The van der Waals surface area contributed by atoms with Crippen molar-refractivity contribution in [3.05, 3.63) is 0 Å². The third kappa shape index (κ3) is 19.8. The first-order valence-corrected chi connectivity index (χ1v) is 32.3. The van der Waals surface area contributed by atoms with Crippen molar-refractivity contribution >= 4 is 17.9 Å². The summed E-state index contributed by atoms with van der Waals surface area (Å²) in [6.45, 7) is 13.0. The smallest absolute Gasteiger partial charge is 0.309 e. The van der Waals surface area contributed by atoms with Crippen molar-refractivity contribution in [3.8, 4) is 0 Å². The van der Waals surface area contributed by atoms with Gasteiger partial charge in [0, 0.05) is 12.8 Å². The average Bonchev–Trinajstić information content (AvgIpc) is 2.26. The van der Waals surface area contributed by atoms with Crippen LogP contribution in [0.25, 0.3) is 0 Å². The number of carbonyl (C=O) groups is 3. The van der Waals surface area contributed by atoms with E-state index in [0.29, 0.717) is 38.5 Å². The Morgan fingerprint density at radius 1 is 0.500 bits per heavy atom. The van der Waals surface area contributed by atoms with Gasteiger partial charge >= 0.3 is 17.9 Å². The summed E-state index contributed by atoms with van der Waals surface area (Å²) < 4.78 is 82.1. The number of unbranched alkanes of at least 4 members (excludes halogenated alkanes) is 8. The lowest BCUT2D eigenvalue weighted by Crippen LogP contribution is -2.68. The van der Waals surface area contributed by atoms with Crippen molar-refractivity contribution < 1.29 is 122 Å². The Balaban J connectivity index is 1.37. The van der Waals surface area contributed by atoms with Crippen LogP contribution in [0.2, 0.25) is 0 Å². The first-order chi connectivity index (χ1) is 41.1. The van der Waals surface area contributed by atoms with E-state index < -0.39 is 184 Å². The highest BCUT2D eigenvalue weighted by molar-refractivity contribution is 5.72. The maximum Gasteiger partial charge on any atom is 0.309 e. The molecule has 9 N–H and O–H groups in total. The van der Waals surface area contributed by atoms with Crippen LogP contribution in [-0.2, 0) is 76.0 Å². The molecule has 0 aromatic rings. The van der Waals surface area contributed by atoms with Gasteiger partial charge in [0.2, 0.25) is 0 Å². The first-order valence-electron chi connectivity index (χ1n) is 32.3. The fraction of sp³-hybridized carbons (Fsp3) is 0.951. The number of hydrogen-bond acceptors (Lipinski definition) is 25. The lowest BCUT2D eigenvalue weighted by atomic mass is 9.95. The Hall–Kier alpha value is -2.35. The number of rotatable bonds is 23. The third-order valence-corrected chi connectivity index (χ3v) is 17.7. The monoisotopic (exact) mass is 1240 g/mol. The van der Waals surface area contributed by atoms with Gasteiger partial charge in [0.05, 0.1) is 43.0 Å². The lowest BCUT2D eigenvalue weighted by molar-refractivity contribution is -0.400. The lowest BCUT2D eigenvalue weighted by Gasteiger charge is -2.51. The highest BCUT2D eigenvalue weighted by Crippen LogP contribution is 2.39. The van der Waals surface area contributed by atoms with Gasteiger partial charge in [0.1, 0.15) is 79.4 Å². The molecule has 0 aromatic carbocycles. The molecule has 25 nitrogen and oxygen atoms in total. The van der Waals surface area contributed by atoms with Crippen molar-refractivity contribution in [2.45, 2.75) is 356 Å². The predicted octanol–water partition coefficient (Wildman–Crippen LogP) is 3.52. The average molecular weight is 1240 g/mol. The van der Waals surface area contributed by atoms with E-state index in [-0.39, 0.29) is 18.9 Å². The highest BCUT2D eigenvalue weighted by Gasteiger charge is 2.59. The van der Waals surface area contributed by atoms with E-state index in [1.165, 1.54) is 27.7 Å². The summed E-state index contributed by atoms with van der Waals surface area (Å²) in [6.07, 6.45) is -23.6. The molecule has 0 aromatic heterocycles. The molecule has 6 rings (SSSR count). The Morgan fingerprint density at radius 3 is 1.74 bits per heavy atom. The molecule has 0 aliphatic carbocycles. The molecule has 0 unspecified atom stereocenters. The van der Waals surface area contributed by atoms with Crippen molar-refractivity contribution in [3.63, 3.8) is 0 Å². The fourth-order valence-electron chi connectivity index (χ4n) is 12.0. The van der Waals surface area contributed by atoms with Crippen molar-refractivity contribution in [2.24, 2.45) is 5.92 Å². The summed E-state index contributed by atoms with van der Waals surface area (Å²) in [5.74, 6) is -2.63. The van der Waals surface area contributed by atoms with Crippen LogP contribution in [0.5, 0.6) is 0 Å². The number of esters is 3. The van der Waals surface area contributed by atoms with E-state index in [0.717, 1.165) is 89.9 Å². The van der Waals surface area contributed by atoms with E-state index >= 15 is 0 Å². The molecule has 500 valence electrons. The zero-order chi connectivity index (χ0) is 62.8. The Kier molecular flexibility index (Phi) is 30.5. The van der Waals surface area contributed by atoms with E-state index in [9.17, 15) is 60.3 Å². The van der Waals surface area contributed by atoms with Gasteiger partial charge in [0.15, 0.2) is 49.8 Å². The van der Waals surface area contributed by atoms with Gasteiger partial charge in [-0.05, 0) is 59.8 Å². The van der Waals surface area contributed by atoms with Gasteiger partial charge in [-0.2, -0.15) is 0 Å². The number of fused-ring (bicyclic) bond motifs is 3. The van der Waals surface area contributed by atoms with Gasteiger partial charge in [-0.1, -0.05) is 124 Å². The molecule has 6 fully saturated rings. The van der Waals surface area contributed by atoms with Crippen LogP contribution < -0.4 is 0 Å². The van der Waals surface area contributed by atoms with Gasteiger partial charge in [-0.25, -0.2) is 0 Å². The van der Waals surface area contributed by atoms with E-state index in [2.05, 4.69) is 13.8 Å². The molecule has 0 spiro atoms. The highest BCUT2D eigenvalue weighted by atomic mass is 16.8. The predicted molar refractivity (Wildman–Crippen MR) is 303 cm³/mol. The molecule has 6 saturated heterocycles. The third-order valence-electron chi connectivity index (χ3n) is 17.7. The minimum Gasteiger partial charge on any atom is -0.457 e. The Labute approximate surface area is 507 Å². The molecule has 6 heterocycles. The molecular formula is C61H106O25. The topological polar surface area (TPSA) is 353 Å². The first kappa shape index (κ1) is 72.7. The number of carbonyl (C=O) groups excluding carboxylic acids is 3. The van der Waals surface area contributed by atoms with Crippen molar-refractivity contribution in [1.29, 1.82) is 0 Å². The fourth-order valence-corrected chi connectivity index (χ4v) is 12.0. The summed E-state index contributed by atoms with van der Waals surface area (Å²) in [7, 11) is 0. The van der Waals surface area contributed by atoms with Crippen LogP contribution in [0.4, 0.5) is 0 Å². The molecule has 2 bridgehead atoms. The second-order valence-corrected chi connectivity index (χ2v) is 24.6. The number of ether oxygens (including phenoxy) is 13. The quantitative estimate of drug-likeness (QED) is 0.0401. The normalized spacial score (nSPS) is 42.0. The van der Waals surface area contributed by atoms with Gasteiger partial charge in [-0.3, -0.25) is 14.4 Å². The Bertz CT molecular complexity index is 1970. The Morgan fingerprint density at radius 2 is 1.07 bits per heavy atom. The van der Waals surface area contributed by atoms with E-state index in [1.807, 2.05) is 0 Å². The standard InChI is InChI=1S/C61H106O25/c1-9-12-14-15-17-21-26-30-40(64)81-55-54(86-57-46(70)43(67)41(65)33(5)74-57)51(83-58-47(71)45(69)49(34(6)75-58)82-56(73)32(4)11-3)36(8)77-61(55)84-50-35(7)76-59-48(72)52(50)80-39(63)29-25-22-19-16-18-20-24-28-37(27-23-13-10-2)78-60-53(85-59)44(68)42(66)38(31-62)79-60/h32-38,41-55,57-62,65-72H,9-31H2,1-8H3/t32-,33-,34-,35-,36-,37-,38+,41-,42+,43+,44-,45-,46+,47+,48+,49-,50-,51-,52-,53+,54+,55+,57-,58-,59-,60+,61-/m0/s1. The van der Waals surface area contributed by atoms with Crippen LogP contribution in [0.1, 0.15) is 197 Å². The zero-order valence-electron chi connectivity index (χ0n) is 51.9. The molecule has 0 amide bonds. The van der Waals surface area contributed by atoms with Gasteiger partial charge in [0.25, 0.3) is 0 Å². The van der Waals surface area contributed by atoms with Crippen LogP contribution >= 0.6 is 0 Å². The van der Waals surface area contributed by atoms with E-state index in [4.69, 9.17) is 61.6 Å². The SMILES string of the molecule is CCCCCCCCCC(=O)O[C@H]1[C@H](O[C@@H]2[C@H]3OC(=O)CCCCCCCCC[C@H](CCCCC)O[C@@H]4O[C@H](CO)[C@@H](O)[C@H](O)[C@H]4O[C@H](O[C@H]2C)[C@@H]3O)O[C@@H](C)[C@H](O[C@@H]2O[C@@H](C)[C@H](OC(=O)[C@@H](C)CC)[C@@H](O)[C@H]2O)[C@H]1O[C@@H]1O[C@@H](C)[C@H](O)[C@@H](O)[C@H]1O. The van der Waals surface area contributed by atoms with Crippen LogP contribution in [0, 0.1) is 5.92 Å². The minimum atomic E-state index is -1.92. The molecule has 86 heavy (non-hydrogen) atoms. The zero-order valence-corrected chi connectivity index (χ0v) is 51.9. The molecule has 25 heteroatoms. The largest absolute Gasteiger partial charge is 0.457 e. The van der Waals surface area contributed by atoms with Crippen molar-refractivity contribution in [2.75, 3.05) is 6.61 Å². The van der Waals surface area contributed by atoms with Gasteiger partial charge < -0.3 is 108 Å². The molecular weight excluding hydrogens is 1130 g/mol. The van der Waals surface area contributed by atoms with Crippen LogP contribution in [0.3, 0.4) is 0 Å². The maximum atomic E-state index is 14.3. The summed E-state index contributed by atoms with van der Waals surface area (Å²) in [6, 6.07) is 0. The van der Waals surface area contributed by atoms with Crippen molar-refractivity contribution in [1.82, 2.24) is 0 Å². The molecule has 0 radical (unpaired) electrons. The van der Waals surface area contributed by atoms with Crippen LogP contribution in [-0.4, -0.2) is 230 Å². The minimum absolute atomic E-state index is 0.0488. The van der Waals surface area contributed by atoms with Crippen LogP contribution in [0.15, 0.2) is 0 Å². The maximum absolute atomic E-state index is 14.3. The number of aliphatic hydroxyl groups is 9. The number of hydrogen-bond donors (Lipinski definition) is 9. The molecule has 27 atom stereocenters.